The van der Waals surface area contributed by atoms with Crippen LogP contribution < -0.4 is 10.6 Å². The summed E-state index contributed by atoms with van der Waals surface area (Å²) in [5.41, 5.74) is 2.46. The topological polar surface area (TPSA) is 105 Å². The molecule has 0 spiro atoms. The SMILES string of the molecule is C=CC[C@@H](CC(=O)N[C@H](CO)Cc1ccccc1)C(=O)NC[C@@H](OC(=O)[C@@H](CC=C)Cc1ccc(F)cc1)c1ccccc1. The lowest BCUT2D eigenvalue weighted by Crippen LogP contribution is -2.42. The molecule has 0 aromatic heterocycles. The molecule has 0 saturated heterocycles. The van der Waals surface area contributed by atoms with Gasteiger partial charge in [-0.3, -0.25) is 14.4 Å². The number of carbonyl (C=O) groups excluding carboxylic acids is 3. The number of ether oxygens (including phenoxy) is 1. The van der Waals surface area contributed by atoms with Gasteiger partial charge in [-0.25, -0.2) is 4.39 Å². The third-order valence-corrected chi connectivity index (χ3v) is 7.24. The van der Waals surface area contributed by atoms with Gasteiger partial charge in [0, 0.05) is 6.42 Å². The Morgan fingerprint density at radius 1 is 0.818 bits per heavy atom. The number of esters is 1. The molecule has 3 aromatic rings. The summed E-state index contributed by atoms with van der Waals surface area (Å²) >= 11 is 0. The Balaban J connectivity index is 1.65. The first-order chi connectivity index (χ1) is 21.3. The molecule has 0 aliphatic rings. The van der Waals surface area contributed by atoms with E-state index in [1.165, 1.54) is 12.1 Å². The lowest BCUT2D eigenvalue weighted by Gasteiger charge is -2.24. The van der Waals surface area contributed by atoms with Crippen LogP contribution in [0.1, 0.15) is 42.1 Å². The highest BCUT2D eigenvalue weighted by atomic mass is 19.1. The summed E-state index contributed by atoms with van der Waals surface area (Å²) in [5.74, 6) is -2.82. The number of aliphatic hydroxyl groups excluding tert-OH is 1. The quantitative estimate of drug-likeness (QED) is 0.136. The van der Waals surface area contributed by atoms with Gasteiger partial charge in [0.1, 0.15) is 11.9 Å². The average molecular weight is 601 g/mol. The first-order valence-corrected chi connectivity index (χ1v) is 14.8. The number of aliphatic hydroxyl groups is 1. The fourth-order valence-corrected chi connectivity index (χ4v) is 4.89. The zero-order valence-electron chi connectivity index (χ0n) is 24.9. The van der Waals surface area contributed by atoms with Gasteiger partial charge in [-0.1, -0.05) is 84.9 Å². The predicted octanol–water partition coefficient (Wildman–Crippen LogP) is 5.26. The number of rotatable bonds is 18. The summed E-state index contributed by atoms with van der Waals surface area (Å²) < 4.78 is 19.3. The maximum absolute atomic E-state index is 13.4. The smallest absolute Gasteiger partial charge is 0.310 e. The highest BCUT2D eigenvalue weighted by Crippen LogP contribution is 2.23. The molecule has 0 aliphatic carbocycles. The van der Waals surface area contributed by atoms with Gasteiger partial charge in [-0.05, 0) is 54.5 Å². The van der Waals surface area contributed by atoms with Gasteiger partial charge in [0.05, 0.1) is 31.0 Å². The minimum absolute atomic E-state index is 0.00548. The fraction of sp³-hybridized carbons (Fsp3) is 0.306. The van der Waals surface area contributed by atoms with E-state index in [1.54, 1.807) is 24.3 Å². The molecule has 0 radical (unpaired) electrons. The van der Waals surface area contributed by atoms with Crippen molar-refractivity contribution in [3.63, 3.8) is 0 Å². The second-order valence-corrected chi connectivity index (χ2v) is 10.7. The minimum Gasteiger partial charge on any atom is -0.455 e. The number of allylic oxidation sites excluding steroid dienone is 2. The Morgan fingerprint density at radius 3 is 2.02 bits per heavy atom. The number of carbonyl (C=O) groups is 3. The molecular formula is C36H41FN2O5. The van der Waals surface area contributed by atoms with Crippen molar-refractivity contribution in [2.24, 2.45) is 11.8 Å². The van der Waals surface area contributed by atoms with E-state index in [2.05, 4.69) is 23.8 Å². The van der Waals surface area contributed by atoms with Crippen molar-refractivity contribution in [3.8, 4) is 0 Å². The van der Waals surface area contributed by atoms with Crippen LogP contribution in [-0.4, -0.2) is 42.1 Å². The molecule has 0 unspecified atom stereocenters. The molecule has 44 heavy (non-hydrogen) atoms. The van der Waals surface area contributed by atoms with Crippen LogP contribution in [-0.2, 0) is 32.0 Å². The number of benzene rings is 3. The molecule has 4 atom stereocenters. The second-order valence-electron chi connectivity index (χ2n) is 10.7. The predicted molar refractivity (Wildman–Crippen MR) is 169 cm³/mol. The van der Waals surface area contributed by atoms with Crippen LogP contribution in [0, 0.1) is 17.7 Å². The van der Waals surface area contributed by atoms with Gasteiger partial charge in [-0.15, -0.1) is 13.2 Å². The summed E-state index contributed by atoms with van der Waals surface area (Å²) in [5, 5.41) is 15.5. The third-order valence-electron chi connectivity index (χ3n) is 7.24. The molecule has 3 N–H and O–H groups in total. The van der Waals surface area contributed by atoms with Crippen molar-refractivity contribution in [1.82, 2.24) is 10.6 Å². The van der Waals surface area contributed by atoms with E-state index in [9.17, 15) is 23.9 Å². The van der Waals surface area contributed by atoms with E-state index < -0.39 is 30.0 Å². The Bertz CT molecular complexity index is 1350. The van der Waals surface area contributed by atoms with Gasteiger partial charge in [0.15, 0.2) is 0 Å². The van der Waals surface area contributed by atoms with Gasteiger partial charge in [0.25, 0.3) is 0 Å². The molecule has 0 fully saturated rings. The molecule has 2 amide bonds. The Labute approximate surface area is 258 Å². The van der Waals surface area contributed by atoms with Crippen molar-refractivity contribution in [1.29, 1.82) is 0 Å². The van der Waals surface area contributed by atoms with Gasteiger partial charge >= 0.3 is 5.97 Å². The molecule has 3 aromatic carbocycles. The molecule has 3 rings (SSSR count). The third kappa shape index (κ3) is 11.3. The second kappa shape index (κ2) is 18.2. The summed E-state index contributed by atoms with van der Waals surface area (Å²) in [4.78, 5) is 39.5. The zero-order chi connectivity index (χ0) is 31.7. The number of hydrogen-bond acceptors (Lipinski definition) is 5. The molecule has 0 bridgehead atoms. The maximum atomic E-state index is 13.4. The van der Waals surface area contributed by atoms with Gasteiger partial charge < -0.3 is 20.5 Å². The lowest BCUT2D eigenvalue weighted by atomic mass is 9.96. The van der Waals surface area contributed by atoms with Crippen molar-refractivity contribution < 1.29 is 28.6 Å². The standard InChI is InChI=1S/C36H41FN2O5/c1-3-11-29(23-34(41)39-32(25-40)22-26-13-7-5-8-14-26)35(42)38-24-33(28-15-9-6-10-16-28)44-36(43)30(12-4-2)21-27-17-19-31(37)20-18-27/h3-10,13-20,29-30,32-33,40H,1-2,11-12,21-25H2,(H,38,42)(H,39,41)/t29-,30-,32-,33+/m0/s1. The van der Waals surface area contributed by atoms with Crippen LogP contribution in [0.15, 0.2) is 110 Å². The average Bonchev–Trinajstić information content (AvgIpc) is 3.04. The van der Waals surface area contributed by atoms with Crippen molar-refractivity contribution in [2.45, 2.75) is 44.2 Å². The van der Waals surface area contributed by atoms with Crippen LogP contribution in [0.3, 0.4) is 0 Å². The monoisotopic (exact) mass is 600 g/mol. The zero-order valence-corrected chi connectivity index (χ0v) is 24.9. The highest BCUT2D eigenvalue weighted by Gasteiger charge is 2.27. The normalized spacial score (nSPS) is 13.5. The molecule has 0 heterocycles. The summed E-state index contributed by atoms with van der Waals surface area (Å²) in [6, 6.07) is 24.1. The first kappa shape index (κ1) is 33.9. The van der Waals surface area contributed by atoms with E-state index in [1.807, 2.05) is 60.7 Å². The van der Waals surface area contributed by atoms with Crippen LogP contribution in [0.25, 0.3) is 0 Å². The van der Waals surface area contributed by atoms with Gasteiger partial charge in [0.2, 0.25) is 11.8 Å². The molecule has 0 aliphatic heterocycles. The van der Waals surface area contributed by atoms with Gasteiger partial charge in [-0.2, -0.15) is 0 Å². The summed E-state index contributed by atoms with van der Waals surface area (Å²) in [6.45, 7) is 7.25. The summed E-state index contributed by atoms with van der Waals surface area (Å²) in [6.07, 6.45) is 3.76. The van der Waals surface area contributed by atoms with E-state index in [0.717, 1.165) is 11.1 Å². The Hall–Kier alpha value is -4.56. The van der Waals surface area contributed by atoms with Crippen molar-refractivity contribution in [3.05, 3.63) is 133 Å². The molecule has 232 valence electrons. The van der Waals surface area contributed by atoms with Crippen LogP contribution in [0.5, 0.6) is 0 Å². The van der Waals surface area contributed by atoms with E-state index in [0.29, 0.717) is 24.8 Å². The highest BCUT2D eigenvalue weighted by molar-refractivity contribution is 5.86. The first-order valence-electron chi connectivity index (χ1n) is 14.8. The molecular weight excluding hydrogens is 559 g/mol. The van der Waals surface area contributed by atoms with E-state index >= 15 is 0 Å². The van der Waals surface area contributed by atoms with E-state index in [-0.39, 0.29) is 43.6 Å². The Morgan fingerprint density at radius 2 is 1.41 bits per heavy atom. The van der Waals surface area contributed by atoms with E-state index in [4.69, 9.17) is 4.74 Å². The van der Waals surface area contributed by atoms with Crippen LogP contribution in [0.2, 0.25) is 0 Å². The molecule has 7 nitrogen and oxygen atoms in total. The number of halogens is 1. The molecule has 0 saturated carbocycles. The Kier molecular flexibility index (Phi) is 14.0. The van der Waals surface area contributed by atoms with Crippen molar-refractivity contribution >= 4 is 17.8 Å². The number of hydrogen-bond donors (Lipinski definition) is 3. The fourth-order valence-electron chi connectivity index (χ4n) is 4.89. The number of amides is 2. The van der Waals surface area contributed by atoms with Crippen LogP contribution >= 0.6 is 0 Å². The van der Waals surface area contributed by atoms with Crippen molar-refractivity contribution in [2.75, 3.05) is 13.2 Å². The molecule has 8 heteroatoms. The number of nitrogens with one attached hydrogen (secondary N) is 2. The maximum Gasteiger partial charge on any atom is 0.310 e. The summed E-state index contributed by atoms with van der Waals surface area (Å²) in [7, 11) is 0. The lowest BCUT2D eigenvalue weighted by molar-refractivity contribution is -0.154. The minimum atomic E-state index is -0.781. The largest absolute Gasteiger partial charge is 0.455 e. The van der Waals surface area contributed by atoms with Crippen LogP contribution in [0.4, 0.5) is 4.39 Å².